The molecule has 0 atom stereocenters. The SMILES string of the molecule is COCCOCCOCCO[Si](C)(CCCO[Si](OCCC[Si](C)(OCCOCCOCCOC)OCCOCCOCCOC)(OCCC[Si](C)(OCCOCCOCCOC)OCCOCCOCCOC)OCCC[Si](C)(OCCOCCOCCOC)OCCOCCOCCOC)OCCOCCOCCOC. The van der Waals surface area contributed by atoms with Crippen molar-refractivity contribution < 1.29 is 167 Å². The van der Waals surface area contributed by atoms with Gasteiger partial charge in [0.25, 0.3) is 0 Å². The molecule has 0 aliphatic heterocycles. The van der Waals surface area contributed by atoms with Crippen LogP contribution < -0.4 is 0 Å². The van der Waals surface area contributed by atoms with Crippen molar-refractivity contribution in [3.63, 3.8) is 0 Å². The molecule has 0 aromatic carbocycles. The Hall–Kier alpha value is -0.356. The van der Waals surface area contributed by atoms with Crippen LogP contribution in [-0.2, 0) is 167 Å². The number of rotatable bonds is 100. The van der Waals surface area contributed by atoms with E-state index < -0.39 is 43.3 Å². The number of hydrogen-bond acceptors (Lipinski definition) is 36. The van der Waals surface area contributed by atoms with Crippen LogP contribution in [0.25, 0.3) is 0 Å². The molecule has 0 fully saturated rings. The zero-order chi connectivity index (χ0) is 82.4. The highest BCUT2D eigenvalue weighted by molar-refractivity contribution is 6.67. The van der Waals surface area contributed by atoms with E-state index in [0.717, 1.165) is 0 Å². The summed E-state index contributed by atoms with van der Waals surface area (Å²) in [5, 5.41) is 0. The van der Waals surface area contributed by atoms with Crippen molar-refractivity contribution >= 4 is 43.3 Å². The van der Waals surface area contributed by atoms with Crippen LogP contribution in [0.4, 0.5) is 0 Å². The molecular weight excluding hydrogens is 1580 g/mol. The molecule has 0 saturated heterocycles. The first-order valence-electron chi connectivity index (χ1n) is 40.1. The lowest BCUT2D eigenvalue weighted by molar-refractivity contribution is -0.0363. The van der Waals surface area contributed by atoms with Gasteiger partial charge in [0.15, 0.2) is 0 Å². The number of ether oxygens (including phenoxy) is 24. The van der Waals surface area contributed by atoms with Crippen molar-refractivity contribution in [1.82, 2.24) is 0 Å². The lowest BCUT2D eigenvalue weighted by Gasteiger charge is -2.32. The Morgan fingerprint density at radius 2 is 0.230 bits per heavy atom. The van der Waals surface area contributed by atoms with Gasteiger partial charge in [-0.1, -0.05) is 0 Å². The van der Waals surface area contributed by atoms with Crippen LogP contribution in [0.5, 0.6) is 0 Å². The largest absolute Gasteiger partial charge is 0.679 e. The Bertz CT molecular complexity index is 1540. The molecule has 680 valence electrons. The molecule has 0 saturated carbocycles. The molecule has 0 bridgehead atoms. The van der Waals surface area contributed by atoms with E-state index in [-0.39, 0.29) is 26.4 Å². The maximum Gasteiger partial charge on any atom is 0.679 e. The van der Waals surface area contributed by atoms with Crippen molar-refractivity contribution in [3.8, 4) is 0 Å². The summed E-state index contributed by atoms with van der Waals surface area (Å²) in [5.74, 6) is 0. The van der Waals surface area contributed by atoms with Crippen LogP contribution in [-0.4, -0.2) is 444 Å². The molecule has 0 radical (unpaired) electrons. The van der Waals surface area contributed by atoms with Gasteiger partial charge < -0.3 is 167 Å². The first-order chi connectivity index (χ1) is 55.3. The smallest absolute Gasteiger partial charge is 0.392 e. The summed E-state index contributed by atoms with van der Waals surface area (Å²) in [7, 11) is -2.95. The third-order valence-corrected chi connectivity index (χ3v) is 29.5. The molecule has 0 spiro atoms. The van der Waals surface area contributed by atoms with Gasteiger partial charge in [-0.3, -0.25) is 0 Å². The normalized spacial score (nSPS) is 12.6. The van der Waals surface area contributed by atoms with E-state index in [1.54, 1.807) is 56.9 Å². The van der Waals surface area contributed by atoms with Crippen LogP contribution in [0.15, 0.2) is 0 Å². The summed E-state index contributed by atoms with van der Waals surface area (Å²) < 4.78 is 214. The van der Waals surface area contributed by atoms with Crippen molar-refractivity contribution in [3.05, 3.63) is 0 Å². The molecule has 0 aliphatic rings. The molecule has 0 aromatic rings. The molecule has 0 unspecified atom stereocenters. The fourth-order valence-corrected chi connectivity index (χ4v) is 20.4. The molecule has 36 nitrogen and oxygen atoms in total. The quantitative estimate of drug-likeness (QED) is 0.0577. The minimum atomic E-state index is -4.18. The Morgan fingerprint density at radius 3 is 0.345 bits per heavy atom. The van der Waals surface area contributed by atoms with Crippen LogP contribution in [0, 0.1) is 0 Å². The van der Waals surface area contributed by atoms with Crippen LogP contribution in [0.2, 0.25) is 50.4 Å². The van der Waals surface area contributed by atoms with Crippen LogP contribution in [0.1, 0.15) is 25.7 Å². The van der Waals surface area contributed by atoms with Crippen LogP contribution in [0.3, 0.4) is 0 Å². The molecule has 0 rings (SSSR count). The second kappa shape index (κ2) is 86.6. The average molecular weight is 1740 g/mol. The molecule has 0 aromatic heterocycles. The monoisotopic (exact) mass is 1740 g/mol. The first-order valence-corrected chi connectivity index (χ1v) is 51.9. The van der Waals surface area contributed by atoms with Gasteiger partial charge in [0.1, 0.15) is 0 Å². The topological polar surface area (TPSA) is 332 Å². The number of hydrogen-bond donors (Lipinski definition) is 0. The fourth-order valence-electron chi connectivity index (χ4n) is 9.60. The van der Waals surface area contributed by atoms with Gasteiger partial charge in [-0.2, -0.15) is 0 Å². The molecule has 0 aliphatic carbocycles. The van der Waals surface area contributed by atoms with E-state index in [0.29, 0.717) is 367 Å². The van der Waals surface area contributed by atoms with Gasteiger partial charge in [0.05, 0.1) is 317 Å². The average Bonchev–Trinajstić information content (AvgIpc) is 0.851. The highest BCUT2D eigenvalue weighted by Crippen LogP contribution is 2.25. The minimum Gasteiger partial charge on any atom is -0.392 e. The van der Waals surface area contributed by atoms with Gasteiger partial charge in [-0.25, -0.2) is 0 Å². The van der Waals surface area contributed by atoms with E-state index in [4.69, 9.17) is 167 Å². The molecular formula is C72H156O36Si5. The van der Waals surface area contributed by atoms with Gasteiger partial charge in [0, 0.05) is 83.3 Å². The maximum atomic E-state index is 7.05. The van der Waals surface area contributed by atoms with Gasteiger partial charge in [-0.15, -0.1) is 0 Å². The van der Waals surface area contributed by atoms with E-state index in [2.05, 4.69) is 0 Å². The predicted octanol–water partition coefficient (Wildman–Crippen LogP) is 4.91. The Kier molecular flexibility index (Phi) is 86.3. The van der Waals surface area contributed by atoms with Crippen LogP contribution >= 0.6 is 0 Å². The maximum absolute atomic E-state index is 7.05. The highest BCUT2D eigenvalue weighted by Gasteiger charge is 2.47. The third-order valence-electron chi connectivity index (χ3n) is 15.7. The van der Waals surface area contributed by atoms with Gasteiger partial charge in [0.2, 0.25) is 0 Å². The second-order valence-electron chi connectivity index (χ2n) is 25.4. The van der Waals surface area contributed by atoms with E-state index >= 15 is 0 Å². The Balaban J connectivity index is 7.56. The minimum absolute atomic E-state index is 0.154. The summed E-state index contributed by atoms with van der Waals surface area (Å²) in [6.07, 6.45) is 1.93. The second-order valence-corrected chi connectivity index (χ2v) is 40.9. The zero-order valence-corrected chi connectivity index (χ0v) is 76.6. The van der Waals surface area contributed by atoms with Crippen molar-refractivity contribution in [2.24, 2.45) is 0 Å². The Morgan fingerprint density at radius 1 is 0.124 bits per heavy atom. The molecule has 0 amide bonds. The molecule has 113 heavy (non-hydrogen) atoms. The summed E-state index contributed by atoms with van der Waals surface area (Å²) in [5.41, 5.74) is 0. The Labute approximate surface area is 683 Å². The van der Waals surface area contributed by atoms with Gasteiger partial charge in [-0.05, 0) is 76.0 Å². The molecule has 41 heteroatoms. The fraction of sp³-hybridized carbons (Fsp3) is 1.00. The standard InChI is InChI=1S/C72H156O36Si5/c1-73-21-29-81-37-45-89-53-61-97-109(9,98-62-54-90-46-38-82-30-22-74-2)69-13-17-105-113(106-18-14-70-110(10,99-63-55-91-47-39-83-31-23-75-3)100-64-56-92-48-40-84-32-24-76-4,107-19-15-71-111(11,101-65-57-93-49-41-85-33-25-77-5)102-66-58-94-50-42-86-34-26-78-6)108-20-16-72-112(12,103-67-59-95-51-43-87-35-27-79-7)104-68-60-96-52-44-88-36-28-80-8/h13-72H2,1-12H3. The highest BCUT2D eigenvalue weighted by atomic mass is 28.4. The van der Waals surface area contributed by atoms with E-state index in [1.165, 1.54) is 0 Å². The molecule has 0 N–H and O–H groups in total. The molecule has 0 heterocycles. The van der Waals surface area contributed by atoms with Crippen molar-refractivity contribution in [2.75, 3.05) is 400 Å². The first kappa shape index (κ1) is 113. The van der Waals surface area contributed by atoms with E-state index in [1.807, 2.05) is 26.2 Å². The summed E-state index contributed by atoms with van der Waals surface area (Å²) in [4.78, 5) is 0. The van der Waals surface area contributed by atoms with Crippen molar-refractivity contribution in [2.45, 2.75) is 76.0 Å². The number of methoxy groups -OCH3 is 8. The van der Waals surface area contributed by atoms with E-state index in [9.17, 15) is 0 Å². The zero-order valence-electron chi connectivity index (χ0n) is 71.6. The lowest BCUT2D eigenvalue weighted by atomic mass is 10.5. The summed E-state index contributed by atoms with van der Waals surface area (Å²) >= 11 is 0. The van der Waals surface area contributed by atoms with Gasteiger partial charge >= 0.3 is 43.3 Å². The van der Waals surface area contributed by atoms with Crippen molar-refractivity contribution in [1.29, 1.82) is 0 Å². The summed E-state index contributed by atoms with van der Waals surface area (Å²) in [6, 6.07) is 2.08. The third kappa shape index (κ3) is 77.4. The lowest BCUT2D eigenvalue weighted by Crippen LogP contribution is -2.51. The summed E-state index contributed by atoms with van der Waals surface area (Å²) in [6.45, 7) is 28.1. The predicted molar refractivity (Wildman–Crippen MR) is 429 cm³/mol.